The van der Waals surface area contributed by atoms with Crippen LogP contribution in [0.3, 0.4) is 0 Å². The molecule has 0 spiro atoms. The molecule has 1 N–H and O–H groups in total. The highest BCUT2D eigenvalue weighted by molar-refractivity contribution is 6.22. The summed E-state index contributed by atoms with van der Waals surface area (Å²) in [6.07, 6.45) is 2.43. The lowest BCUT2D eigenvalue weighted by Crippen LogP contribution is -2.30. The van der Waals surface area contributed by atoms with E-state index in [-0.39, 0.29) is 29.2 Å². The van der Waals surface area contributed by atoms with Crippen LogP contribution in [-0.2, 0) is 19.1 Å². The first-order chi connectivity index (χ1) is 15.7. The fourth-order valence-electron chi connectivity index (χ4n) is 4.75. The largest absolute Gasteiger partial charge is 0.452 e. The number of hydrogen-bond acceptors (Lipinski definition) is 5. The van der Waals surface area contributed by atoms with E-state index in [2.05, 4.69) is 12.2 Å². The number of anilines is 2. The molecule has 33 heavy (non-hydrogen) atoms. The Hall–Kier alpha value is -3.48. The van der Waals surface area contributed by atoms with Crippen LogP contribution < -0.4 is 10.2 Å². The Labute approximate surface area is 193 Å². The predicted octanol–water partition coefficient (Wildman–Crippen LogP) is 4.02. The van der Waals surface area contributed by atoms with Crippen LogP contribution in [0.1, 0.15) is 47.7 Å². The topological polar surface area (TPSA) is 92.8 Å². The smallest absolute Gasteiger partial charge is 0.338 e. The van der Waals surface area contributed by atoms with Crippen LogP contribution >= 0.6 is 0 Å². The lowest BCUT2D eigenvalue weighted by atomic mass is 9.76. The first-order valence-electron chi connectivity index (χ1n) is 11.3. The van der Waals surface area contributed by atoms with Gasteiger partial charge >= 0.3 is 5.97 Å². The summed E-state index contributed by atoms with van der Waals surface area (Å²) in [6, 6.07) is 11.8. The van der Waals surface area contributed by atoms with Gasteiger partial charge in [-0.25, -0.2) is 4.79 Å². The van der Waals surface area contributed by atoms with E-state index in [1.807, 2.05) is 26.0 Å². The van der Waals surface area contributed by atoms with E-state index in [0.29, 0.717) is 17.3 Å². The third-order valence-corrected chi connectivity index (χ3v) is 6.54. The van der Waals surface area contributed by atoms with Crippen molar-refractivity contribution in [2.24, 2.45) is 17.8 Å². The summed E-state index contributed by atoms with van der Waals surface area (Å²) in [5, 5.41) is 2.73. The van der Waals surface area contributed by atoms with Gasteiger partial charge in [0.05, 0.1) is 23.1 Å². The Morgan fingerprint density at radius 2 is 1.70 bits per heavy atom. The first-order valence-corrected chi connectivity index (χ1v) is 11.3. The van der Waals surface area contributed by atoms with Crippen molar-refractivity contribution >= 4 is 35.1 Å². The van der Waals surface area contributed by atoms with Gasteiger partial charge in [0, 0.05) is 5.69 Å². The number of nitrogens with zero attached hydrogens (tertiary/aromatic N) is 1. The van der Waals surface area contributed by atoms with Crippen molar-refractivity contribution in [1.29, 1.82) is 0 Å². The zero-order chi connectivity index (χ0) is 23.7. The molecule has 0 radical (unpaired) electrons. The fraction of sp³-hybridized carbons (Fsp3) is 0.385. The average Bonchev–Trinajstić information content (AvgIpc) is 3.03. The molecule has 172 valence electrons. The van der Waals surface area contributed by atoms with E-state index in [1.54, 1.807) is 18.2 Å². The SMILES string of the molecule is Cc1ccc(NC(=O)COC(=O)c2ccc(N3C(=O)[C@H]4C[C@H](C)CC[C@H]4C3=O)cc2)c(C)c1. The molecule has 1 heterocycles. The Morgan fingerprint density at radius 1 is 1.00 bits per heavy atom. The highest BCUT2D eigenvalue weighted by atomic mass is 16.5. The number of carbonyl (C=O) groups is 4. The average molecular weight is 449 g/mol. The van der Waals surface area contributed by atoms with Crippen LogP contribution in [0.5, 0.6) is 0 Å². The minimum Gasteiger partial charge on any atom is -0.452 e. The standard InChI is InChI=1S/C26H28N2O5/c1-15-5-11-22(17(3)12-15)27-23(29)14-33-26(32)18-6-8-19(9-7-18)28-24(30)20-10-4-16(2)13-21(20)25(28)31/h5-9,11-12,16,20-21H,4,10,13-14H2,1-3H3,(H,27,29)/t16-,20-,21+/m1/s1. The molecule has 3 amide bonds. The molecule has 7 nitrogen and oxygen atoms in total. The van der Waals surface area contributed by atoms with Crippen molar-refractivity contribution in [3.63, 3.8) is 0 Å². The molecule has 7 heteroatoms. The fourth-order valence-corrected chi connectivity index (χ4v) is 4.75. The van der Waals surface area contributed by atoms with Crippen LogP contribution in [0.4, 0.5) is 11.4 Å². The maximum atomic E-state index is 12.9. The molecule has 0 unspecified atom stereocenters. The molecule has 1 aliphatic heterocycles. The maximum Gasteiger partial charge on any atom is 0.338 e. The molecular formula is C26H28N2O5. The number of imide groups is 1. The molecule has 1 saturated heterocycles. The summed E-state index contributed by atoms with van der Waals surface area (Å²) in [5.74, 6) is -1.45. The molecule has 1 aliphatic carbocycles. The third-order valence-electron chi connectivity index (χ3n) is 6.54. The minimum atomic E-state index is -0.654. The third kappa shape index (κ3) is 4.67. The van der Waals surface area contributed by atoms with Gasteiger partial charge in [0.2, 0.25) is 11.8 Å². The number of nitrogens with one attached hydrogen (secondary N) is 1. The van der Waals surface area contributed by atoms with Crippen molar-refractivity contribution in [3.05, 3.63) is 59.2 Å². The van der Waals surface area contributed by atoms with Crippen LogP contribution in [0, 0.1) is 31.6 Å². The van der Waals surface area contributed by atoms with Gasteiger partial charge < -0.3 is 10.1 Å². The molecule has 1 saturated carbocycles. The molecule has 2 aromatic carbocycles. The van der Waals surface area contributed by atoms with E-state index < -0.39 is 18.5 Å². The molecular weight excluding hydrogens is 420 g/mol. The second-order valence-corrected chi connectivity index (χ2v) is 9.13. The molecule has 0 aromatic heterocycles. The number of carbonyl (C=O) groups excluding carboxylic acids is 4. The number of ether oxygens (including phenoxy) is 1. The van der Waals surface area contributed by atoms with Crippen molar-refractivity contribution in [2.45, 2.75) is 40.0 Å². The van der Waals surface area contributed by atoms with E-state index in [9.17, 15) is 19.2 Å². The Morgan fingerprint density at radius 3 is 2.39 bits per heavy atom. The second-order valence-electron chi connectivity index (χ2n) is 9.13. The van der Waals surface area contributed by atoms with Gasteiger partial charge in [0.15, 0.2) is 6.61 Å². The Balaban J connectivity index is 1.36. The summed E-state index contributed by atoms with van der Waals surface area (Å²) in [5.41, 5.74) is 3.37. The van der Waals surface area contributed by atoms with Crippen LogP contribution in [0.2, 0.25) is 0 Å². The van der Waals surface area contributed by atoms with Gasteiger partial charge in [0.1, 0.15) is 0 Å². The number of aryl methyl sites for hydroxylation is 2. The molecule has 4 rings (SSSR count). The zero-order valence-electron chi connectivity index (χ0n) is 19.1. The van der Waals surface area contributed by atoms with Crippen LogP contribution in [0.25, 0.3) is 0 Å². The number of amides is 3. The van der Waals surface area contributed by atoms with E-state index >= 15 is 0 Å². The summed E-state index contributed by atoms with van der Waals surface area (Å²) >= 11 is 0. The van der Waals surface area contributed by atoms with Gasteiger partial charge in [-0.3, -0.25) is 19.3 Å². The highest BCUT2D eigenvalue weighted by Crippen LogP contribution is 2.42. The van der Waals surface area contributed by atoms with Crippen molar-refractivity contribution in [1.82, 2.24) is 0 Å². The summed E-state index contributed by atoms with van der Waals surface area (Å²) in [7, 11) is 0. The Kier molecular flexibility index (Phi) is 6.31. The highest BCUT2D eigenvalue weighted by Gasteiger charge is 2.49. The number of benzene rings is 2. The van der Waals surface area contributed by atoms with Crippen molar-refractivity contribution in [3.8, 4) is 0 Å². The van der Waals surface area contributed by atoms with Gasteiger partial charge in [-0.05, 0) is 74.9 Å². The maximum absolute atomic E-state index is 12.9. The van der Waals surface area contributed by atoms with Crippen molar-refractivity contribution in [2.75, 3.05) is 16.8 Å². The molecule has 2 aromatic rings. The van der Waals surface area contributed by atoms with E-state index in [0.717, 1.165) is 30.4 Å². The number of hydrogen-bond donors (Lipinski definition) is 1. The Bertz CT molecular complexity index is 1110. The minimum absolute atomic E-state index is 0.157. The quantitative estimate of drug-likeness (QED) is 0.551. The van der Waals surface area contributed by atoms with Crippen LogP contribution in [-0.4, -0.2) is 30.3 Å². The zero-order valence-corrected chi connectivity index (χ0v) is 19.1. The monoisotopic (exact) mass is 448 g/mol. The summed E-state index contributed by atoms with van der Waals surface area (Å²) in [6.45, 7) is 5.55. The van der Waals surface area contributed by atoms with E-state index in [1.165, 1.54) is 17.0 Å². The van der Waals surface area contributed by atoms with E-state index in [4.69, 9.17) is 4.74 Å². The molecule has 0 bridgehead atoms. The number of fused-ring (bicyclic) bond motifs is 1. The predicted molar refractivity (Wildman–Crippen MR) is 124 cm³/mol. The van der Waals surface area contributed by atoms with Crippen LogP contribution in [0.15, 0.2) is 42.5 Å². The van der Waals surface area contributed by atoms with Gasteiger partial charge in [0.25, 0.3) is 5.91 Å². The lowest BCUT2D eigenvalue weighted by Gasteiger charge is -2.25. The molecule has 2 fully saturated rings. The molecule has 3 atom stereocenters. The molecule has 2 aliphatic rings. The normalized spacial score (nSPS) is 22.2. The summed E-state index contributed by atoms with van der Waals surface area (Å²) < 4.78 is 5.12. The number of rotatable bonds is 5. The summed E-state index contributed by atoms with van der Waals surface area (Å²) in [4.78, 5) is 51.4. The van der Waals surface area contributed by atoms with Gasteiger partial charge in [-0.15, -0.1) is 0 Å². The second kappa shape index (κ2) is 9.17. The lowest BCUT2D eigenvalue weighted by molar-refractivity contribution is -0.122. The first kappa shape index (κ1) is 22.7. The van der Waals surface area contributed by atoms with Gasteiger partial charge in [-0.1, -0.05) is 24.6 Å². The van der Waals surface area contributed by atoms with Crippen molar-refractivity contribution < 1.29 is 23.9 Å². The van der Waals surface area contributed by atoms with Gasteiger partial charge in [-0.2, -0.15) is 0 Å². The number of esters is 1.